The molecule has 2 nitrogen and oxygen atoms in total. The van der Waals surface area contributed by atoms with E-state index in [0.717, 1.165) is 11.8 Å². The van der Waals surface area contributed by atoms with Crippen LogP contribution in [0.15, 0.2) is 24.0 Å². The van der Waals surface area contributed by atoms with Gasteiger partial charge in [0.15, 0.2) is 0 Å². The van der Waals surface area contributed by atoms with Crippen LogP contribution in [0, 0.1) is 0 Å². The smallest absolute Gasteiger partial charge is 0.0794 e. The highest BCUT2D eigenvalue weighted by Crippen LogP contribution is 1.90. The van der Waals surface area contributed by atoms with E-state index in [4.69, 9.17) is 10.2 Å². The molecule has 0 rings (SSSR count). The maximum atomic E-state index is 8.27. The van der Waals surface area contributed by atoms with Gasteiger partial charge in [0.25, 0.3) is 0 Å². The van der Waals surface area contributed by atoms with Crippen LogP contribution in [0.3, 0.4) is 0 Å². The van der Waals surface area contributed by atoms with Gasteiger partial charge in [-0.25, -0.2) is 0 Å². The molecule has 0 bridgehead atoms. The van der Waals surface area contributed by atoms with E-state index in [-0.39, 0.29) is 6.61 Å². The Morgan fingerprint density at radius 2 is 2.25 bits per heavy atom. The first-order valence-corrected chi connectivity index (χ1v) is 2.39. The van der Waals surface area contributed by atoms with Crippen molar-refractivity contribution in [1.29, 1.82) is 0 Å². The summed E-state index contributed by atoms with van der Waals surface area (Å²) in [5.74, 6) is 0. The third-order valence-electron chi connectivity index (χ3n) is 0.751. The molecule has 0 spiro atoms. The van der Waals surface area contributed by atoms with Crippen LogP contribution in [0.1, 0.15) is 6.92 Å². The molecule has 46 valence electrons. The molecular weight excluding hydrogens is 104 g/mol. The van der Waals surface area contributed by atoms with Gasteiger partial charge in [0.05, 0.1) is 12.9 Å². The van der Waals surface area contributed by atoms with E-state index in [9.17, 15) is 0 Å². The molecule has 2 N–H and O–H groups in total. The minimum Gasteiger partial charge on any atom is -0.516 e. The molecule has 2 heteroatoms. The van der Waals surface area contributed by atoms with Crippen molar-refractivity contribution >= 4 is 0 Å². The second-order valence-electron chi connectivity index (χ2n) is 1.45. The van der Waals surface area contributed by atoms with E-state index in [2.05, 4.69) is 0 Å². The molecule has 8 heavy (non-hydrogen) atoms. The highest BCUT2D eigenvalue weighted by atomic mass is 16.3. The number of allylic oxidation sites excluding steroid dienone is 2. The van der Waals surface area contributed by atoms with Gasteiger partial charge in [-0.05, 0) is 18.6 Å². The Kier molecular flexibility index (Phi) is 3.98. The molecule has 0 atom stereocenters. The Morgan fingerprint density at radius 1 is 1.62 bits per heavy atom. The van der Waals surface area contributed by atoms with Crippen molar-refractivity contribution in [2.45, 2.75) is 6.92 Å². The van der Waals surface area contributed by atoms with Crippen LogP contribution in [0.2, 0.25) is 0 Å². The third-order valence-corrected chi connectivity index (χ3v) is 0.751. The largest absolute Gasteiger partial charge is 0.516 e. The number of hydrogen-bond donors (Lipinski definition) is 2. The van der Waals surface area contributed by atoms with Crippen molar-refractivity contribution in [3.05, 3.63) is 24.0 Å². The maximum Gasteiger partial charge on any atom is 0.0794 e. The summed E-state index contributed by atoms with van der Waals surface area (Å²) in [5.41, 5.74) is 0.856. The lowest BCUT2D eigenvalue weighted by molar-refractivity contribution is 0.342. The van der Waals surface area contributed by atoms with Gasteiger partial charge in [-0.1, -0.05) is 6.08 Å². The van der Waals surface area contributed by atoms with E-state index >= 15 is 0 Å². The third kappa shape index (κ3) is 3.43. The monoisotopic (exact) mass is 114 g/mol. The van der Waals surface area contributed by atoms with Crippen LogP contribution < -0.4 is 0 Å². The van der Waals surface area contributed by atoms with E-state index in [1.54, 1.807) is 13.0 Å². The highest BCUT2D eigenvalue weighted by Gasteiger charge is 1.75. The molecule has 0 saturated carbocycles. The topological polar surface area (TPSA) is 40.5 Å². The summed E-state index contributed by atoms with van der Waals surface area (Å²) in [7, 11) is 0. The summed E-state index contributed by atoms with van der Waals surface area (Å²) in [5, 5.41) is 16.4. The molecular formula is C6H10O2. The molecule has 0 aromatic carbocycles. The fraction of sp³-hybridized carbons (Fsp3) is 0.333. The Morgan fingerprint density at radius 3 is 2.62 bits per heavy atom. The first-order valence-electron chi connectivity index (χ1n) is 2.39. The number of aliphatic hydroxyl groups is 2. The molecule has 0 radical (unpaired) electrons. The first kappa shape index (κ1) is 7.24. The number of hydrogen-bond acceptors (Lipinski definition) is 2. The lowest BCUT2D eigenvalue weighted by Crippen LogP contribution is -1.74. The minimum absolute atomic E-state index is 0.0240. The van der Waals surface area contributed by atoms with E-state index in [1.165, 1.54) is 6.08 Å². The van der Waals surface area contributed by atoms with E-state index in [0.29, 0.717) is 0 Å². The second kappa shape index (κ2) is 4.40. The molecule has 0 unspecified atom stereocenters. The SMILES string of the molecule is CC(C=CO)=CCO. The van der Waals surface area contributed by atoms with Gasteiger partial charge < -0.3 is 10.2 Å². The van der Waals surface area contributed by atoms with Gasteiger partial charge >= 0.3 is 0 Å². The molecule has 0 amide bonds. The maximum absolute atomic E-state index is 8.27. The van der Waals surface area contributed by atoms with Crippen LogP contribution in [0.4, 0.5) is 0 Å². The van der Waals surface area contributed by atoms with Crippen LogP contribution in [0.25, 0.3) is 0 Å². The Labute approximate surface area is 48.8 Å². The molecule has 0 aliphatic carbocycles. The van der Waals surface area contributed by atoms with Gasteiger partial charge in [0.1, 0.15) is 0 Å². The van der Waals surface area contributed by atoms with Crippen molar-refractivity contribution in [1.82, 2.24) is 0 Å². The summed E-state index contributed by atoms with van der Waals surface area (Å²) < 4.78 is 0. The minimum atomic E-state index is 0.0240. The fourth-order valence-electron chi connectivity index (χ4n) is 0.330. The average Bonchev–Trinajstić information content (AvgIpc) is 1.68. The van der Waals surface area contributed by atoms with Crippen LogP contribution in [-0.4, -0.2) is 16.8 Å². The number of rotatable bonds is 2. The van der Waals surface area contributed by atoms with Crippen molar-refractivity contribution < 1.29 is 10.2 Å². The zero-order valence-electron chi connectivity index (χ0n) is 4.83. The Hall–Kier alpha value is -0.760. The Bertz CT molecular complexity index is 103. The van der Waals surface area contributed by atoms with Gasteiger partial charge in [-0.3, -0.25) is 0 Å². The first-order chi connectivity index (χ1) is 3.81. The molecule has 0 heterocycles. The molecule has 0 fully saturated rings. The van der Waals surface area contributed by atoms with Crippen LogP contribution >= 0.6 is 0 Å². The normalized spacial score (nSPS) is 13.0. The highest BCUT2D eigenvalue weighted by molar-refractivity contribution is 5.13. The Balaban J connectivity index is 3.61. The standard InChI is InChI=1S/C6H10O2/c1-6(2-4-7)3-5-8/h2-4,7-8H,5H2,1H3. The molecule has 0 aliphatic heterocycles. The molecule has 0 aromatic heterocycles. The van der Waals surface area contributed by atoms with E-state index in [1.807, 2.05) is 0 Å². The van der Waals surface area contributed by atoms with Crippen LogP contribution in [-0.2, 0) is 0 Å². The lowest BCUT2D eigenvalue weighted by Gasteiger charge is -1.84. The zero-order chi connectivity index (χ0) is 6.41. The van der Waals surface area contributed by atoms with Crippen molar-refractivity contribution in [3.63, 3.8) is 0 Å². The molecule has 0 aromatic rings. The summed E-state index contributed by atoms with van der Waals surface area (Å²) in [6.45, 7) is 1.82. The number of aliphatic hydroxyl groups excluding tert-OH is 2. The van der Waals surface area contributed by atoms with Gasteiger partial charge in [0, 0.05) is 0 Å². The predicted octanol–water partition coefficient (Wildman–Crippen LogP) is 0.997. The fourth-order valence-corrected chi connectivity index (χ4v) is 0.330. The summed E-state index contributed by atoms with van der Waals surface area (Å²) >= 11 is 0. The summed E-state index contributed by atoms with van der Waals surface area (Å²) in [4.78, 5) is 0. The van der Waals surface area contributed by atoms with Crippen molar-refractivity contribution in [3.8, 4) is 0 Å². The summed E-state index contributed by atoms with van der Waals surface area (Å²) in [6.07, 6.45) is 4.06. The van der Waals surface area contributed by atoms with E-state index < -0.39 is 0 Å². The van der Waals surface area contributed by atoms with Crippen molar-refractivity contribution in [2.75, 3.05) is 6.61 Å². The van der Waals surface area contributed by atoms with Gasteiger partial charge in [-0.2, -0.15) is 0 Å². The van der Waals surface area contributed by atoms with Gasteiger partial charge in [-0.15, -0.1) is 0 Å². The average molecular weight is 114 g/mol. The quantitative estimate of drug-likeness (QED) is 0.415. The van der Waals surface area contributed by atoms with Gasteiger partial charge in [0.2, 0.25) is 0 Å². The lowest BCUT2D eigenvalue weighted by atomic mass is 10.3. The van der Waals surface area contributed by atoms with Crippen LogP contribution in [0.5, 0.6) is 0 Å². The predicted molar refractivity (Wildman–Crippen MR) is 32.6 cm³/mol. The van der Waals surface area contributed by atoms with Crippen molar-refractivity contribution in [2.24, 2.45) is 0 Å². The second-order valence-corrected chi connectivity index (χ2v) is 1.45. The molecule has 0 aliphatic rings. The molecule has 0 saturated heterocycles. The zero-order valence-corrected chi connectivity index (χ0v) is 4.83. The summed E-state index contributed by atoms with van der Waals surface area (Å²) in [6, 6.07) is 0.